The van der Waals surface area contributed by atoms with Crippen LogP contribution in [0.4, 0.5) is 0 Å². The third kappa shape index (κ3) is 1.78. The van der Waals surface area contributed by atoms with Crippen LogP contribution in [-0.2, 0) is 0 Å². The second-order valence-electron chi connectivity index (χ2n) is 3.03. The number of aryl methyl sites for hydroxylation is 1. The molecule has 1 unspecified atom stereocenters. The lowest BCUT2D eigenvalue weighted by atomic mass is 10.1. The summed E-state index contributed by atoms with van der Waals surface area (Å²) in [6, 6.07) is 3.64. The number of aliphatic hydroxyl groups is 1. The monoisotopic (exact) mass is 272 g/mol. The maximum absolute atomic E-state index is 9.96. The van der Waals surface area contributed by atoms with Crippen LogP contribution in [0.15, 0.2) is 31.8 Å². The molecule has 0 aromatic carbocycles. The first-order chi connectivity index (χ1) is 6.68. The Hall–Kier alpha value is -0.580. The van der Waals surface area contributed by atoms with Gasteiger partial charge < -0.3 is 9.52 Å². The van der Waals surface area contributed by atoms with Crippen molar-refractivity contribution in [3.05, 3.63) is 44.4 Å². The first-order valence-corrected chi connectivity index (χ1v) is 5.88. The predicted molar refractivity (Wildman–Crippen MR) is 59.5 cm³/mol. The zero-order valence-electron chi connectivity index (χ0n) is 7.53. The molecule has 0 fully saturated rings. The van der Waals surface area contributed by atoms with Gasteiger partial charge in [-0.2, -0.15) is 11.3 Å². The summed E-state index contributed by atoms with van der Waals surface area (Å²) in [5.41, 5.74) is 0.851. The Morgan fingerprint density at radius 1 is 1.43 bits per heavy atom. The molecule has 74 valence electrons. The highest BCUT2D eigenvalue weighted by Crippen LogP contribution is 2.31. The van der Waals surface area contributed by atoms with E-state index in [1.54, 1.807) is 17.4 Å². The van der Waals surface area contributed by atoms with Crippen molar-refractivity contribution in [1.29, 1.82) is 0 Å². The zero-order valence-corrected chi connectivity index (χ0v) is 9.93. The molecule has 0 radical (unpaired) electrons. The van der Waals surface area contributed by atoms with Crippen LogP contribution in [0.1, 0.15) is 23.2 Å². The van der Waals surface area contributed by atoms with Gasteiger partial charge in [-0.05, 0) is 40.4 Å². The van der Waals surface area contributed by atoms with E-state index in [4.69, 9.17) is 4.42 Å². The molecule has 4 heteroatoms. The van der Waals surface area contributed by atoms with E-state index in [0.29, 0.717) is 5.76 Å². The summed E-state index contributed by atoms with van der Waals surface area (Å²) in [5.74, 6) is 1.40. The number of aliphatic hydroxyl groups excluding tert-OH is 1. The summed E-state index contributed by atoms with van der Waals surface area (Å²) in [5, 5.41) is 13.8. The van der Waals surface area contributed by atoms with Gasteiger partial charge in [0, 0.05) is 15.4 Å². The maximum Gasteiger partial charge on any atom is 0.139 e. The Kier molecular flexibility index (Phi) is 2.76. The first-order valence-electron chi connectivity index (χ1n) is 4.14. The summed E-state index contributed by atoms with van der Waals surface area (Å²) in [7, 11) is 0. The molecule has 0 amide bonds. The molecule has 0 aliphatic carbocycles. The standard InChI is InChI=1S/C10H9BrO2S/c1-6-2-3-9(13-6)10(12)7-4-14-5-8(7)11/h2-5,10,12H,1H3. The summed E-state index contributed by atoms with van der Waals surface area (Å²) < 4.78 is 6.28. The first kappa shape index (κ1) is 9.96. The molecule has 2 aromatic rings. The van der Waals surface area contributed by atoms with Gasteiger partial charge in [0.15, 0.2) is 0 Å². The lowest BCUT2D eigenvalue weighted by Gasteiger charge is -2.05. The normalized spacial score (nSPS) is 13.1. The highest BCUT2D eigenvalue weighted by atomic mass is 79.9. The van der Waals surface area contributed by atoms with E-state index >= 15 is 0 Å². The highest BCUT2D eigenvalue weighted by Gasteiger charge is 2.17. The maximum atomic E-state index is 9.96. The quantitative estimate of drug-likeness (QED) is 0.908. The van der Waals surface area contributed by atoms with Gasteiger partial charge in [-0.15, -0.1) is 0 Å². The lowest BCUT2D eigenvalue weighted by molar-refractivity contribution is 0.187. The van der Waals surface area contributed by atoms with Gasteiger partial charge >= 0.3 is 0 Å². The van der Waals surface area contributed by atoms with Gasteiger partial charge in [-0.1, -0.05) is 0 Å². The van der Waals surface area contributed by atoms with Crippen molar-refractivity contribution in [2.24, 2.45) is 0 Å². The van der Waals surface area contributed by atoms with Crippen LogP contribution in [0.3, 0.4) is 0 Å². The van der Waals surface area contributed by atoms with Gasteiger partial charge in [0.05, 0.1) is 0 Å². The Morgan fingerprint density at radius 3 is 2.71 bits per heavy atom. The van der Waals surface area contributed by atoms with Crippen LogP contribution < -0.4 is 0 Å². The molecule has 2 aromatic heterocycles. The van der Waals surface area contributed by atoms with E-state index in [9.17, 15) is 5.11 Å². The molecule has 0 saturated carbocycles. The zero-order chi connectivity index (χ0) is 10.1. The molecular weight excluding hydrogens is 264 g/mol. The molecule has 0 aliphatic rings. The fraction of sp³-hybridized carbons (Fsp3) is 0.200. The Morgan fingerprint density at radius 2 is 2.21 bits per heavy atom. The van der Waals surface area contributed by atoms with Crippen molar-refractivity contribution in [1.82, 2.24) is 0 Å². The van der Waals surface area contributed by atoms with E-state index in [-0.39, 0.29) is 0 Å². The van der Waals surface area contributed by atoms with Crippen LogP contribution in [0.2, 0.25) is 0 Å². The van der Waals surface area contributed by atoms with Crippen molar-refractivity contribution in [2.75, 3.05) is 0 Å². The molecule has 2 rings (SSSR count). The number of halogens is 1. The number of thiophene rings is 1. The van der Waals surface area contributed by atoms with Gasteiger partial charge in [0.25, 0.3) is 0 Å². The minimum atomic E-state index is -0.677. The molecule has 2 heterocycles. The fourth-order valence-corrected chi connectivity index (χ4v) is 2.77. The summed E-state index contributed by atoms with van der Waals surface area (Å²) in [6.45, 7) is 1.86. The van der Waals surface area contributed by atoms with Crippen molar-refractivity contribution < 1.29 is 9.52 Å². The summed E-state index contributed by atoms with van der Waals surface area (Å²) >= 11 is 4.93. The third-order valence-corrected chi connectivity index (χ3v) is 3.72. The van der Waals surface area contributed by atoms with Crippen LogP contribution in [0, 0.1) is 6.92 Å². The molecule has 1 atom stereocenters. The molecule has 0 bridgehead atoms. The van der Waals surface area contributed by atoms with E-state index in [1.165, 1.54) is 0 Å². The van der Waals surface area contributed by atoms with Gasteiger partial charge in [-0.3, -0.25) is 0 Å². The number of hydrogen-bond acceptors (Lipinski definition) is 3. The van der Waals surface area contributed by atoms with Gasteiger partial charge in [0.2, 0.25) is 0 Å². The third-order valence-electron chi connectivity index (χ3n) is 1.97. The van der Waals surface area contributed by atoms with E-state index in [0.717, 1.165) is 15.8 Å². The Labute approximate surface area is 94.3 Å². The van der Waals surface area contributed by atoms with Crippen LogP contribution in [0.5, 0.6) is 0 Å². The molecule has 2 nitrogen and oxygen atoms in total. The smallest absolute Gasteiger partial charge is 0.139 e. The van der Waals surface area contributed by atoms with Crippen LogP contribution in [0.25, 0.3) is 0 Å². The van der Waals surface area contributed by atoms with Crippen LogP contribution >= 0.6 is 27.3 Å². The van der Waals surface area contributed by atoms with E-state index in [1.807, 2.05) is 23.8 Å². The molecule has 0 saturated heterocycles. The average molecular weight is 273 g/mol. The predicted octanol–water partition coefficient (Wildman–Crippen LogP) is 3.49. The molecule has 0 aliphatic heterocycles. The number of hydrogen-bond donors (Lipinski definition) is 1. The topological polar surface area (TPSA) is 33.4 Å². The van der Waals surface area contributed by atoms with E-state index in [2.05, 4.69) is 15.9 Å². The second kappa shape index (κ2) is 3.88. The minimum Gasteiger partial charge on any atom is -0.463 e. The fourth-order valence-electron chi connectivity index (χ4n) is 1.24. The minimum absolute atomic E-state index is 0.585. The van der Waals surface area contributed by atoms with Crippen molar-refractivity contribution in [3.8, 4) is 0 Å². The van der Waals surface area contributed by atoms with Gasteiger partial charge in [-0.25, -0.2) is 0 Å². The SMILES string of the molecule is Cc1ccc(C(O)c2cscc2Br)o1. The summed E-state index contributed by atoms with van der Waals surface area (Å²) in [4.78, 5) is 0. The lowest BCUT2D eigenvalue weighted by Crippen LogP contribution is -1.96. The molecule has 0 spiro atoms. The molecular formula is C10H9BrO2S. The second-order valence-corrected chi connectivity index (χ2v) is 4.62. The van der Waals surface area contributed by atoms with Crippen molar-refractivity contribution >= 4 is 27.3 Å². The highest BCUT2D eigenvalue weighted by molar-refractivity contribution is 9.10. The number of furan rings is 1. The van der Waals surface area contributed by atoms with Crippen LogP contribution in [-0.4, -0.2) is 5.11 Å². The average Bonchev–Trinajstić information content (AvgIpc) is 2.73. The molecule has 14 heavy (non-hydrogen) atoms. The molecule has 1 N–H and O–H groups in total. The Bertz CT molecular complexity index is 433. The van der Waals surface area contributed by atoms with Crippen molar-refractivity contribution in [2.45, 2.75) is 13.0 Å². The summed E-state index contributed by atoms with van der Waals surface area (Å²) in [6.07, 6.45) is -0.677. The largest absolute Gasteiger partial charge is 0.463 e. The van der Waals surface area contributed by atoms with E-state index < -0.39 is 6.10 Å². The van der Waals surface area contributed by atoms with Gasteiger partial charge in [0.1, 0.15) is 17.6 Å². The van der Waals surface area contributed by atoms with Crippen molar-refractivity contribution in [3.63, 3.8) is 0 Å². The Balaban J connectivity index is 2.33. The number of rotatable bonds is 2.